The summed E-state index contributed by atoms with van der Waals surface area (Å²) >= 11 is 1.26. The number of aromatic nitrogens is 3. The Labute approximate surface area is 197 Å². The van der Waals surface area contributed by atoms with Gasteiger partial charge in [0, 0.05) is 12.4 Å². The third kappa shape index (κ3) is 4.90. The number of thiazole rings is 1. The van der Waals surface area contributed by atoms with E-state index in [2.05, 4.69) is 20.3 Å². The van der Waals surface area contributed by atoms with Crippen molar-refractivity contribution in [2.75, 3.05) is 5.32 Å². The summed E-state index contributed by atoms with van der Waals surface area (Å²) in [6, 6.07) is 6.84. The number of halogens is 3. The Morgan fingerprint density at radius 3 is 2.65 bits per heavy atom. The summed E-state index contributed by atoms with van der Waals surface area (Å²) in [6.07, 6.45) is -0.924. The van der Waals surface area contributed by atoms with Crippen LogP contribution in [0.25, 0.3) is 10.6 Å². The van der Waals surface area contributed by atoms with Gasteiger partial charge in [0.05, 0.1) is 22.1 Å². The van der Waals surface area contributed by atoms with Crippen LogP contribution in [0.4, 0.5) is 24.8 Å². The fourth-order valence-electron chi connectivity index (χ4n) is 4.44. The van der Waals surface area contributed by atoms with Gasteiger partial charge in [0.15, 0.2) is 0 Å². The highest BCUT2D eigenvalue weighted by Crippen LogP contribution is 2.50. The fourth-order valence-corrected chi connectivity index (χ4v) is 5.44. The van der Waals surface area contributed by atoms with Crippen LogP contribution in [0.5, 0.6) is 0 Å². The highest BCUT2D eigenvalue weighted by Gasteiger charge is 2.49. The lowest BCUT2D eigenvalue weighted by atomic mass is 9.63. The second kappa shape index (κ2) is 8.62. The minimum Gasteiger partial charge on any atom is -0.481 e. The third-order valence-corrected chi connectivity index (χ3v) is 7.30. The van der Waals surface area contributed by atoms with Crippen LogP contribution < -0.4 is 5.32 Å². The molecule has 34 heavy (non-hydrogen) atoms. The van der Waals surface area contributed by atoms with E-state index < -0.39 is 34.6 Å². The van der Waals surface area contributed by atoms with Crippen molar-refractivity contribution >= 4 is 28.9 Å². The van der Waals surface area contributed by atoms with Gasteiger partial charge in [-0.25, -0.2) is 15.0 Å². The summed E-state index contributed by atoms with van der Waals surface area (Å²) in [5, 5.41) is 24.1. The van der Waals surface area contributed by atoms with Gasteiger partial charge >= 0.3 is 12.1 Å². The van der Waals surface area contributed by atoms with Crippen LogP contribution in [0.15, 0.2) is 42.7 Å². The molecule has 0 saturated heterocycles. The number of rotatable bonds is 5. The van der Waals surface area contributed by atoms with Crippen molar-refractivity contribution < 1.29 is 28.2 Å². The van der Waals surface area contributed by atoms with Crippen LogP contribution in [0.3, 0.4) is 0 Å². The molecule has 2 unspecified atom stereocenters. The minimum atomic E-state index is -4.48. The van der Waals surface area contributed by atoms with Gasteiger partial charge in [0.1, 0.15) is 22.2 Å². The molecule has 4 rings (SSSR count). The summed E-state index contributed by atoms with van der Waals surface area (Å²) in [4.78, 5) is 25.0. The topological polar surface area (TPSA) is 108 Å². The van der Waals surface area contributed by atoms with Crippen molar-refractivity contribution in [1.82, 2.24) is 15.0 Å². The molecule has 0 aliphatic heterocycles. The lowest BCUT2D eigenvalue weighted by Gasteiger charge is -2.44. The van der Waals surface area contributed by atoms with E-state index >= 15 is 0 Å². The molecule has 11 heteroatoms. The normalized spacial score (nSPS) is 22.4. The molecular formula is C23H23F3N4O3S. The molecule has 7 nitrogen and oxygen atoms in total. The number of hydrogen-bond acceptors (Lipinski definition) is 7. The van der Waals surface area contributed by atoms with Crippen LogP contribution in [0.1, 0.15) is 43.7 Å². The van der Waals surface area contributed by atoms with Crippen LogP contribution >= 0.6 is 11.3 Å². The van der Waals surface area contributed by atoms with E-state index in [0.29, 0.717) is 27.8 Å². The Morgan fingerprint density at radius 2 is 1.97 bits per heavy atom. The summed E-state index contributed by atoms with van der Waals surface area (Å²) in [7, 11) is 0. The van der Waals surface area contributed by atoms with E-state index in [-0.39, 0.29) is 18.7 Å². The minimum absolute atomic E-state index is 0.0104. The lowest BCUT2D eigenvalue weighted by Crippen LogP contribution is -2.44. The molecule has 0 bridgehead atoms. The van der Waals surface area contributed by atoms with Crippen molar-refractivity contribution in [1.29, 1.82) is 0 Å². The molecule has 0 spiro atoms. The van der Waals surface area contributed by atoms with Crippen LogP contribution in [-0.2, 0) is 16.6 Å². The van der Waals surface area contributed by atoms with E-state index in [9.17, 15) is 28.2 Å². The average Bonchev–Trinajstić information content (AvgIpc) is 3.24. The van der Waals surface area contributed by atoms with Crippen molar-refractivity contribution in [3.05, 3.63) is 53.3 Å². The predicted octanol–water partition coefficient (Wildman–Crippen LogP) is 5.46. The van der Waals surface area contributed by atoms with Gasteiger partial charge < -0.3 is 15.5 Å². The van der Waals surface area contributed by atoms with E-state index in [4.69, 9.17) is 0 Å². The molecule has 3 aromatic rings. The average molecular weight is 493 g/mol. The van der Waals surface area contributed by atoms with Crippen molar-refractivity contribution in [2.45, 2.75) is 44.9 Å². The standard InChI is InChI=1S/C23H23F3N4O3S/c1-21(2)12-22(33,8-6-14(21)19(31)32)20-28-11-16(34-20)15-4-3-5-17(29-15)30-18-10-13(7-9-27-18)23(24,25)26/h3-5,7,9-11,14,33H,6,8,12H2,1-2H3,(H,31,32)(H,27,29,30). The number of carboxylic acid groups (broad SMARTS) is 1. The first-order valence-electron chi connectivity index (χ1n) is 10.6. The molecule has 3 aromatic heterocycles. The maximum absolute atomic E-state index is 13.0. The largest absolute Gasteiger partial charge is 0.481 e. The molecule has 1 aliphatic rings. The van der Waals surface area contributed by atoms with Gasteiger partial charge in [-0.3, -0.25) is 4.79 Å². The van der Waals surface area contributed by atoms with Crippen LogP contribution in [0, 0.1) is 11.3 Å². The van der Waals surface area contributed by atoms with Gasteiger partial charge in [-0.2, -0.15) is 13.2 Å². The molecule has 0 amide bonds. The first-order valence-corrected chi connectivity index (χ1v) is 11.4. The van der Waals surface area contributed by atoms with E-state index in [0.717, 1.165) is 18.3 Å². The van der Waals surface area contributed by atoms with Gasteiger partial charge in [-0.1, -0.05) is 19.9 Å². The third-order valence-electron chi connectivity index (χ3n) is 6.08. The molecule has 3 heterocycles. The maximum Gasteiger partial charge on any atom is 0.416 e. The summed E-state index contributed by atoms with van der Waals surface area (Å²) in [5.41, 5.74) is -2.13. The van der Waals surface area contributed by atoms with Gasteiger partial charge in [-0.15, -0.1) is 11.3 Å². The summed E-state index contributed by atoms with van der Waals surface area (Å²) < 4.78 is 38.9. The zero-order valence-electron chi connectivity index (χ0n) is 18.4. The lowest BCUT2D eigenvalue weighted by molar-refractivity contribution is -0.154. The first-order chi connectivity index (χ1) is 15.9. The number of nitrogens with zero attached hydrogens (tertiary/aromatic N) is 3. The Balaban J connectivity index is 1.55. The zero-order valence-corrected chi connectivity index (χ0v) is 19.2. The van der Waals surface area contributed by atoms with Crippen molar-refractivity contribution in [3.8, 4) is 10.6 Å². The number of hydrogen-bond donors (Lipinski definition) is 3. The molecule has 2 atom stereocenters. The highest BCUT2D eigenvalue weighted by molar-refractivity contribution is 7.15. The van der Waals surface area contributed by atoms with Crippen molar-refractivity contribution in [2.24, 2.45) is 11.3 Å². The van der Waals surface area contributed by atoms with Crippen LogP contribution in [0.2, 0.25) is 0 Å². The Bertz CT molecular complexity index is 1210. The number of carbonyl (C=O) groups is 1. The second-order valence-electron chi connectivity index (χ2n) is 9.12. The van der Waals surface area contributed by atoms with Gasteiger partial charge in [0.2, 0.25) is 0 Å². The van der Waals surface area contributed by atoms with E-state index in [1.165, 1.54) is 11.3 Å². The molecule has 1 fully saturated rings. The molecule has 1 aliphatic carbocycles. The number of nitrogens with one attached hydrogen (secondary N) is 1. The molecule has 0 aromatic carbocycles. The predicted molar refractivity (Wildman–Crippen MR) is 121 cm³/mol. The van der Waals surface area contributed by atoms with E-state index in [1.807, 2.05) is 13.8 Å². The summed E-state index contributed by atoms with van der Waals surface area (Å²) in [5.74, 6) is -1.09. The number of alkyl halides is 3. The molecular weight excluding hydrogens is 469 g/mol. The first kappa shape index (κ1) is 24.1. The fraction of sp³-hybridized carbons (Fsp3) is 0.391. The maximum atomic E-state index is 13.0. The zero-order chi connectivity index (χ0) is 24.7. The monoisotopic (exact) mass is 492 g/mol. The van der Waals surface area contributed by atoms with Crippen molar-refractivity contribution in [3.63, 3.8) is 0 Å². The van der Waals surface area contributed by atoms with Gasteiger partial charge in [-0.05, 0) is 48.9 Å². The Morgan fingerprint density at radius 1 is 1.21 bits per heavy atom. The number of aliphatic hydroxyl groups is 1. The molecule has 3 N–H and O–H groups in total. The molecule has 1 saturated carbocycles. The molecule has 180 valence electrons. The summed E-state index contributed by atoms with van der Waals surface area (Å²) in [6.45, 7) is 3.67. The second-order valence-corrected chi connectivity index (χ2v) is 10.1. The number of aliphatic carboxylic acids is 1. The Kier molecular flexibility index (Phi) is 6.11. The molecule has 0 radical (unpaired) electrons. The SMILES string of the molecule is CC1(C)CC(O)(c2ncc(-c3cccc(Nc4cc(C(F)(F)F)ccn4)n3)s2)CCC1C(=O)O. The highest BCUT2D eigenvalue weighted by atomic mass is 32.1. The Hall–Kier alpha value is -3.05. The number of anilines is 2. The van der Waals surface area contributed by atoms with E-state index in [1.54, 1.807) is 24.4 Å². The quantitative estimate of drug-likeness (QED) is 0.434. The van der Waals surface area contributed by atoms with Crippen LogP contribution in [-0.4, -0.2) is 31.1 Å². The van der Waals surface area contributed by atoms with Gasteiger partial charge in [0.25, 0.3) is 0 Å². The number of pyridine rings is 2. The number of carboxylic acids is 1. The smallest absolute Gasteiger partial charge is 0.416 e.